The first-order chi connectivity index (χ1) is 17.6. The van der Waals surface area contributed by atoms with Gasteiger partial charge in [-0.2, -0.15) is 5.26 Å². The van der Waals surface area contributed by atoms with Crippen LogP contribution in [0.4, 0.5) is 10.2 Å². The van der Waals surface area contributed by atoms with Gasteiger partial charge in [-0.25, -0.2) is 14.4 Å². The molecule has 186 valence electrons. The number of carbonyl (C=O) groups is 1. The van der Waals surface area contributed by atoms with Gasteiger partial charge in [-0.1, -0.05) is 37.5 Å². The van der Waals surface area contributed by atoms with E-state index >= 15 is 0 Å². The summed E-state index contributed by atoms with van der Waals surface area (Å²) in [5.41, 5.74) is 3.09. The van der Waals surface area contributed by atoms with E-state index in [1.165, 1.54) is 18.6 Å². The van der Waals surface area contributed by atoms with Crippen LogP contribution in [0.15, 0.2) is 42.5 Å². The van der Waals surface area contributed by atoms with Crippen LogP contribution >= 0.6 is 0 Å². The molecule has 0 spiro atoms. The minimum Gasteiger partial charge on any atom is -0.464 e. The maximum absolute atomic E-state index is 13.8. The number of rotatable bonds is 6. The van der Waals surface area contributed by atoms with Gasteiger partial charge in [0, 0.05) is 26.2 Å². The number of fused-ring (bicyclic) bond motifs is 1. The summed E-state index contributed by atoms with van der Waals surface area (Å²) in [5, 5.41) is 13.3. The zero-order valence-electron chi connectivity index (χ0n) is 20.3. The van der Waals surface area contributed by atoms with Gasteiger partial charge in [0.2, 0.25) is 0 Å². The highest BCUT2D eigenvalue weighted by Gasteiger charge is 2.31. The molecule has 8 heteroatoms. The molecule has 1 aromatic heterocycles. The van der Waals surface area contributed by atoms with Crippen molar-refractivity contribution in [3.8, 4) is 17.2 Å². The van der Waals surface area contributed by atoms with E-state index in [4.69, 9.17) is 14.7 Å². The third-order valence-corrected chi connectivity index (χ3v) is 7.07. The van der Waals surface area contributed by atoms with Crippen LogP contribution in [0.25, 0.3) is 22.2 Å². The van der Waals surface area contributed by atoms with Crippen molar-refractivity contribution in [2.45, 2.75) is 38.0 Å². The zero-order valence-corrected chi connectivity index (χ0v) is 20.3. The minimum atomic E-state index is -1.15. The van der Waals surface area contributed by atoms with Crippen LogP contribution in [0.5, 0.6) is 0 Å². The Morgan fingerprint density at radius 1 is 1.08 bits per heavy atom. The van der Waals surface area contributed by atoms with Crippen LogP contribution < -0.4 is 10.2 Å². The number of nitrogens with one attached hydrogen (secondary N) is 1. The molecule has 1 N–H and O–H groups in total. The highest BCUT2D eigenvalue weighted by atomic mass is 19.1. The fraction of sp³-hybridized carbons (Fsp3) is 0.429. The van der Waals surface area contributed by atoms with Crippen LogP contribution in [-0.2, 0) is 9.53 Å². The summed E-state index contributed by atoms with van der Waals surface area (Å²) < 4.78 is 19.4. The molecule has 1 saturated carbocycles. The largest absolute Gasteiger partial charge is 0.464 e. The Hall–Kier alpha value is -3.57. The average Bonchev–Trinajstić information content (AvgIpc) is 2.92. The zero-order chi connectivity index (χ0) is 24.9. The normalized spacial score (nSPS) is 17.5. The molecule has 2 heterocycles. The van der Waals surface area contributed by atoms with Gasteiger partial charge in [0.05, 0.1) is 23.7 Å². The third-order valence-electron chi connectivity index (χ3n) is 7.07. The van der Waals surface area contributed by atoms with Crippen molar-refractivity contribution >= 4 is 22.8 Å². The fourth-order valence-corrected chi connectivity index (χ4v) is 5.07. The first kappa shape index (κ1) is 24.1. The number of carbonyl (C=O) groups excluding carboxylic acids is 1. The predicted octanol–water partition coefficient (Wildman–Crippen LogP) is 4.58. The summed E-state index contributed by atoms with van der Waals surface area (Å²) in [4.78, 5) is 24.8. The van der Waals surface area contributed by atoms with E-state index in [-0.39, 0.29) is 5.82 Å². The number of ether oxygens (including phenoxy) is 1. The quantitative estimate of drug-likeness (QED) is 0.509. The first-order valence-corrected chi connectivity index (χ1v) is 12.7. The molecule has 1 saturated heterocycles. The molecule has 36 heavy (non-hydrogen) atoms. The minimum absolute atomic E-state index is 0.306. The van der Waals surface area contributed by atoms with E-state index in [1.54, 1.807) is 12.1 Å². The molecule has 1 aliphatic carbocycles. The van der Waals surface area contributed by atoms with Crippen LogP contribution in [0.1, 0.15) is 43.7 Å². The van der Waals surface area contributed by atoms with Gasteiger partial charge in [-0.05, 0) is 54.2 Å². The number of esters is 1. The lowest BCUT2D eigenvalue weighted by molar-refractivity contribution is -0.145. The number of benzene rings is 2. The number of nitriles is 1. The Morgan fingerprint density at radius 2 is 1.86 bits per heavy atom. The molecule has 1 aliphatic heterocycles. The molecular formula is C28H30FN5O2. The lowest BCUT2D eigenvalue weighted by atomic mass is 9.90. The van der Waals surface area contributed by atoms with E-state index in [2.05, 4.69) is 16.3 Å². The van der Waals surface area contributed by atoms with Crippen LogP contribution in [0.3, 0.4) is 0 Å². The SMILES string of the molecule is N#CC(C(=O)OCC1CCCCC1)c1nc2ccc(-c3cccc(F)c3)cc2nc1N1CCNCC1. The second-order valence-electron chi connectivity index (χ2n) is 9.58. The topological polar surface area (TPSA) is 91.1 Å². The Bertz CT molecular complexity index is 1280. The van der Waals surface area contributed by atoms with Gasteiger partial charge in [-0.3, -0.25) is 4.79 Å². The number of piperazine rings is 1. The fourth-order valence-electron chi connectivity index (χ4n) is 5.07. The Labute approximate surface area is 210 Å². The summed E-state index contributed by atoms with van der Waals surface area (Å²) in [5.74, 6) is -1.14. The summed E-state index contributed by atoms with van der Waals surface area (Å²) in [6, 6.07) is 14.1. The number of hydrogen-bond donors (Lipinski definition) is 1. The van der Waals surface area contributed by atoms with E-state index in [9.17, 15) is 14.4 Å². The van der Waals surface area contributed by atoms with Crippen molar-refractivity contribution in [1.29, 1.82) is 5.26 Å². The molecule has 0 amide bonds. The maximum Gasteiger partial charge on any atom is 0.329 e. The second kappa shape index (κ2) is 11.0. The molecule has 7 nitrogen and oxygen atoms in total. The van der Waals surface area contributed by atoms with Crippen LogP contribution in [0.2, 0.25) is 0 Å². The van der Waals surface area contributed by atoms with Gasteiger partial charge < -0.3 is 15.0 Å². The smallest absolute Gasteiger partial charge is 0.329 e. The third kappa shape index (κ3) is 5.31. The lowest BCUT2D eigenvalue weighted by Crippen LogP contribution is -2.44. The van der Waals surface area contributed by atoms with Crippen molar-refractivity contribution in [3.05, 3.63) is 54.0 Å². The molecule has 2 aliphatic rings. The number of aromatic nitrogens is 2. The van der Waals surface area contributed by atoms with E-state index in [0.717, 1.165) is 49.9 Å². The lowest BCUT2D eigenvalue weighted by Gasteiger charge is -2.30. The summed E-state index contributed by atoms with van der Waals surface area (Å²) in [6.07, 6.45) is 5.66. The number of nitrogens with zero attached hydrogens (tertiary/aromatic N) is 4. The molecule has 0 radical (unpaired) electrons. The van der Waals surface area contributed by atoms with Gasteiger partial charge in [-0.15, -0.1) is 0 Å². The van der Waals surface area contributed by atoms with E-state index < -0.39 is 11.9 Å². The molecule has 1 unspecified atom stereocenters. The van der Waals surface area contributed by atoms with Crippen molar-refractivity contribution in [3.63, 3.8) is 0 Å². The van der Waals surface area contributed by atoms with Crippen molar-refractivity contribution in [2.24, 2.45) is 5.92 Å². The van der Waals surface area contributed by atoms with Crippen LogP contribution in [0, 0.1) is 23.1 Å². The van der Waals surface area contributed by atoms with E-state index in [1.807, 2.05) is 18.2 Å². The van der Waals surface area contributed by atoms with Gasteiger partial charge in [0.15, 0.2) is 11.7 Å². The molecular weight excluding hydrogens is 457 g/mol. The molecule has 5 rings (SSSR count). The van der Waals surface area contributed by atoms with Gasteiger partial charge >= 0.3 is 5.97 Å². The molecule has 2 fully saturated rings. The highest BCUT2D eigenvalue weighted by Crippen LogP contribution is 2.31. The molecule has 0 bridgehead atoms. The monoisotopic (exact) mass is 487 g/mol. The first-order valence-electron chi connectivity index (χ1n) is 12.7. The van der Waals surface area contributed by atoms with Gasteiger partial charge in [0.25, 0.3) is 0 Å². The Kier molecular flexibility index (Phi) is 7.38. The highest BCUT2D eigenvalue weighted by molar-refractivity contribution is 5.87. The molecule has 3 aromatic rings. The number of anilines is 1. The Morgan fingerprint density at radius 3 is 2.61 bits per heavy atom. The van der Waals surface area contributed by atoms with E-state index in [0.29, 0.717) is 48.2 Å². The summed E-state index contributed by atoms with van der Waals surface area (Å²) >= 11 is 0. The van der Waals surface area contributed by atoms with Crippen molar-refractivity contribution in [1.82, 2.24) is 15.3 Å². The molecule has 1 atom stereocenters. The number of hydrogen-bond acceptors (Lipinski definition) is 7. The maximum atomic E-state index is 13.8. The van der Waals surface area contributed by atoms with Crippen molar-refractivity contribution < 1.29 is 13.9 Å². The van der Waals surface area contributed by atoms with Gasteiger partial charge in [0.1, 0.15) is 11.5 Å². The molecule has 2 aromatic carbocycles. The summed E-state index contributed by atoms with van der Waals surface area (Å²) in [6.45, 7) is 3.26. The summed E-state index contributed by atoms with van der Waals surface area (Å²) in [7, 11) is 0. The standard InChI is InChI=1S/C28H30FN5O2/c29-22-8-4-7-20(15-22)21-9-10-24-25(16-21)33-27(34-13-11-31-12-14-34)26(32-24)23(17-30)28(35)36-18-19-5-2-1-3-6-19/h4,7-10,15-16,19,23,31H,1-3,5-6,11-14,18H2. The van der Waals surface area contributed by atoms with Crippen LogP contribution in [-0.4, -0.2) is 48.7 Å². The second-order valence-corrected chi connectivity index (χ2v) is 9.58. The predicted molar refractivity (Wildman–Crippen MR) is 136 cm³/mol. The van der Waals surface area contributed by atoms with Crippen molar-refractivity contribution in [2.75, 3.05) is 37.7 Å². The number of halogens is 1. The Balaban J connectivity index is 1.49. The average molecular weight is 488 g/mol.